The molecule has 2 aromatic rings. The number of Topliss-reactive ketones (excluding diaryl/α,β-unsaturated/α-hetero) is 1. The average Bonchev–Trinajstić information content (AvgIpc) is 2.72. The molecule has 9 heteroatoms. The van der Waals surface area contributed by atoms with Gasteiger partial charge >= 0.3 is 7.12 Å². The van der Waals surface area contributed by atoms with Gasteiger partial charge in [-0.3, -0.25) is 9.59 Å². The molecule has 0 aliphatic heterocycles. The van der Waals surface area contributed by atoms with Gasteiger partial charge < -0.3 is 20.5 Å². The highest BCUT2D eigenvalue weighted by molar-refractivity contribution is 6.43. The van der Waals surface area contributed by atoms with Gasteiger partial charge in [-0.25, -0.2) is 0 Å². The third-order valence-corrected chi connectivity index (χ3v) is 5.79. The Morgan fingerprint density at radius 3 is 2.22 bits per heavy atom. The van der Waals surface area contributed by atoms with Gasteiger partial charge in [-0.1, -0.05) is 67.4 Å². The summed E-state index contributed by atoms with van der Waals surface area (Å²) in [6, 6.07) is 12.3. The summed E-state index contributed by atoms with van der Waals surface area (Å²) in [5, 5.41) is 32.4. The van der Waals surface area contributed by atoms with E-state index in [0.717, 1.165) is 5.56 Å². The molecule has 6 nitrogen and oxygen atoms in total. The van der Waals surface area contributed by atoms with Gasteiger partial charge in [0.2, 0.25) is 5.91 Å². The van der Waals surface area contributed by atoms with E-state index < -0.39 is 36.8 Å². The topological polar surface area (TPSA) is 107 Å². The molecule has 0 saturated heterocycles. The lowest BCUT2D eigenvalue weighted by Gasteiger charge is -2.24. The number of halogens is 2. The van der Waals surface area contributed by atoms with Crippen LogP contribution in [0.4, 0.5) is 0 Å². The van der Waals surface area contributed by atoms with Crippen molar-refractivity contribution in [3.8, 4) is 11.1 Å². The highest BCUT2D eigenvalue weighted by Crippen LogP contribution is 2.35. The van der Waals surface area contributed by atoms with Gasteiger partial charge in [0.15, 0.2) is 5.78 Å². The number of aliphatic hydroxyl groups is 1. The Hall–Kier alpha value is -1.90. The molecule has 4 N–H and O–H groups in total. The molecule has 32 heavy (non-hydrogen) atoms. The Balaban J connectivity index is 2.28. The van der Waals surface area contributed by atoms with Crippen molar-refractivity contribution in [1.82, 2.24) is 5.32 Å². The fourth-order valence-corrected chi connectivity index (χ4v) is 4.01. The molecule has 0 saturated carbocycles. The van der Waals surface area contributed by atoms with E-state index in [-0.39, 0.29) is 22.9 Å². The normalized spacial score (nSPS) is 14.0. The maximum absolute atomic E-state index is 13.1. The zero-order valence-corrected chi connectivity index (χ0v) is 19.8. The number of ketones is 1. The summed E-state index contributed by atoms with van der Waals surface area (Å²) in [6.45, 7) is 5.16. The summed E-state index contributed by atoms with van der Waals surface area (Å²) in [4.78, 5) is 25.9. The summed E-state index contributed by atoms with van der Waals surface area (Å²) in [5.74, 6) is -3.03. The Labute approximate surface area is 198 Å². The smallest absolute Gasteiger partial charge is 0.426 e. The first-order chi connectivity index (χ1) is 15.0. The maximum Gasteiger partial charge on any atom is 0.475 e. The van der Waals surface area contributed by atoms with Crippen LogP contribution in [-0.2, 0) is 4.79 Å². The van der Waals surface area contributed by atoms with Crippen LogP contribution in [-0.4, -0.2) is 46.0 Å². The number of carbonyl (C=O) groups is 2. The number of aliphatic hydroxyl groups excluding tert-OH is 1. The minimum Gasteiger partial charge on any atom is -0.426 e. The summed E-state index contributed by atoms with van der Waals surface area (Å²) in [5.41, 5.74) is 1.52. The maximum atomic E-state index is 13.1. The van der Waals surface area contributed by atoms with Crippen molar-refractivity contribution >= 4 is 42.0 Å². The van der Waals surface area contributed by atoms with Gasteiger partial charge in [-0.05, 0) is 37.0 Å². The third-order valence-electron chi connectivity index (χ3n) is 5.16. The third kappa shape index (κ3) is 7.05. The Bertz CT molecular complexity index is 937. The average molecular weight is 480 g/mol. The van der Waals surface area contributed by atoms with Crippen molar-refractivity contribution in [2.75, 3.05) is 0 Å². The predicted octanol–water partition coefficient (Wildman–Crippen LogP) is 3.77. The summed E-state index contributed by atoms with van der Waals surface area (Å²) >= 11 is 12.8. The van der Waals surface area contributed by atoms with Crippen LogP contribution in [0.3, 0.4) is 0 Å². The molecule has 2 aromatic carbocycles. The number of benzene rings is 2. The van der Waals surface area contributed by atoms with E-state index in [1.165, 1.54) is 13.0 Å². The van der Waals surface area contributed by atoms with Crippen LogP contribution in [0.15, 0.2) is 42.5 Å². The van der Waals surface area contributed by atoms with E-state index >= 15 is 0 Å². The van der Waals surface area contributed by atoms with Crippen LogP contribution >= 0.6 is 23.2 Å². The molecule has 0 aliphatic carbocycles. The van der Waals surface area contributed by atoms with E-state index in [1.807, 2.05) is 44.2 Å². The van der Waals surface area contributed by atoms with Crippen molar-refractivity contribution < 1.29 is 24.7 Å². The van der Waals surface area contributed by atoms with Crippen molar-refractivity contribution in [2.45, 2.75) is 45.7 Å². The summed E-state index contributed by atoms with van der Waals surface area (Å²) in [7, 11) is -1.76. The zero-order valence-electron chi connectivity index (χ0n) is 18.3. The van der Waals surface area contributed by atoms with Gasteiger partial charge in [-0.2, -0.15) is 0 Å². The molecule has 0 unspecified atom stereocenters. The fourth-order valence-electron chi connectivity index (χ4n) is 3.46. The number of hydrogen-bond acceptors (Lipinski definition) is 5. The van der Waals surface area contributed by atoms with Gasteiger partial charge in [0, 0.05) is 22.6 Å². The van der Waals surface area contributed by atoms with Crippen LogP contribution < -0.4 is 5.32 Å². The van der Waals surface area contributed by atoms with E-state index in [1.54, 1.807) is 6.07 Å². The Kier molecular flexibility index (Phi) is 9.73. The van der Waals surface area contributed by atoms with E-state index in [4.69, 9.17) is 23.2 Å². The molecule has 0 fully saturated rings. The van der Waals surface area contributed by atoms with Crippen LogP contribution in [0.2, 0.25) is 10.0 Å². The number of nitrogens with one attached hydrogen (secondary N) is 1. The monoisotopic (exact) mass is 479 g/mol. The van der Waals surface area contributed by atoms with Gasteiger partial charge in [0.05, 0.1) is 23.0 Å². The molecular formula is C23H28BCl2NO5. The first-order valence-corrected chi connectivity index (χ1v) is 11.2. The van der Waals surface area contributed by atoms with E-state index in [9.17, 15) is 24.7 Å². The lowest BCUT2D eigenvalue weighted by atomic mass is 9.74. The van der Waals surface area contributed by atoms with Crippen molar-refractivity contribution in [3.63, 3.8) is 0 Å². The van der Waals surface area contributed by atoms with Crippen LogP contribution in [0.5, 0.6) is 0 Å². The van der Waals surface area contributed by atoms with Crippen LogP contribution in [0.25, 0.3) is 11.1 Å². The van der Waals surface area contributed by atoms with E-state index in [0.29, 0.717) is 17.0 Å². The molecule has 0 bridgehead atoms. The lowest BCUT2D eigenvalue weighted by molar-refractivity contribution is -0.128. The molecular weight excluding hydrogens is 452 g/mol. The quantitative estimate of drug-likeness (QED) is 0.306. The van der Waals surface area contributed by atoms with Crippen molar-refractivity contribution in [1.29, 1.82) is 0 Å². The minimum absolute atomic E-state index is 0.0930. The molecule has 0 aromatic heterocycles. The van der Waals surface area contributed by atoms with Gasteiger partial charge in [-0.15, -0.1) is 0 Å². The highest BCUT2D eigenvalue weighted by atomic mass is 35.5. The standard InChI is InChI=1S/C23H28BCl2NO5/c1-13(2)9-21(24(31)32)27-23(30)17(14(3)28)12-20(29)19-11-16(25)10-18(22(19)26)15-7-5-4-6-8-15/h4-8,10-11,13-14,17,21,28,31-32H,9,12H2,1-3H3,(H,27,30)/t14-,17+,21+/m1/s1. The first-order valence-electron chi connectivity index (χ1n) is 10.4. The zero-order chi connectivity index (χ0) is 24.0. The summed E-state index contributed by atoms with van der Waals surface area (Å²) in [6.07, 6.45) is -1.15. The van der Waals surface area contributed by atoms with Crippen LogP contribution in [0, 0.1) is 11.8 Å². The second-order valence-corrected chi connectivity index (χ2v) is 9.13. The number of amides is 1. The number of hydrogen-bond donors (Lipinski definition) is 4. The lowest BCUT2D eigenvalue weighted by Crippen LogP contribution is -2.50. The van der Waals surface area contributed by atoms with Gasteiger partial charge in [0.25, 0.3) is 0 Å². The SMILES string of the molecule is CC(C)C[C@H](NC(=O)[C@@H](CC(=O)c1cc(Cl)cc(-c2ccccc2)c1Cl)[C@@H](C)O)B(O)O. The molecule has 172 valence electrons. The second kappa shape index (κ2) is 11.8. The Morgan fingerprint density at radius 1 is 1.06 bits per heavy atom. The fraction of sp³-hybridized carbons (Fsp3) is 0.391. The van der Waals surface area contributed by atoms with E-state index in [2.05, 4.69) is 5.32 Å². The molecule has 1 amide bonds. The predicted molar refractivity (Wildman–Crippen MR) is 128 cm³/mol. The molecule has 0 aliphatic rings. The molecule has 0 heterocycles. The molecule has 2 rings (SSSR count). The molecule has 0 spiro atoms. The number of carbonyl (C=O) groups excluding carboxylic acids is 2. The van der Waals surface area contributed by atoms with Crippen molar-refractivity contribution in [2.24, 2.45) is 11.8 Å². The summed E-state index contributed by atoms with van der Waals surface area (Å²) < 4.78 is 0. The Morgan fingerprint density at radius 2 is 1.69 bits per heavy atom. The molecule has 3 atom stereocenters. The van der Waals surface area contributed by atoms with Gasteiger partial charge in [0.1, 0.15) is 0 Å². The first kappa shape index (κ1) is 26.4. The largest absolute Gasteiger partial charge is 0.475 e. The van der Waals surface area contributed by atoms with Crippen molar-refractivity contribution in [3.05, 3.63) is 58.1 Å². The number of rotatable bonds is 10. The molecule has 0 radical (unpaired) electrons. The minimum atomic E-state index is -1.76. The van der Waals surface area contributed by atoms with Crippen LogP contribution in [0.1, 0.15) is 44.0 Å². The second-order valence-electron chi connectivity index (χ2n) is 8.31. The highest BCUT2D eigenvalue weighted by Gasteiger charge is 2.33.